The van der Waals surface area contributed by atoms with E-state index in [1.54, 1.807) is 0 Å². The smallest absolute Gasteiger partial charge is 0.338 e. The molecular weight excluding hydrogens is 228 g/mol. The molecule has 100 valence electrons. The third kappa shape index (κ3) is 2.56. The Morgan fingerprint density at radius 2 is 1.89 bits per heavy atom. The Kier molecular flexibility index (Phi) is 4.91. The molecule has 1 aromatic carbocycles. The maximum absolute atomic E-state index is 12.0. The van der Waals surface area contributed by atoms with Crippen molar-refractivity contribution in [3.8, 4) is 0 Å². The van der Waals surface area contributed by atoms with Gasteiger partial charge in [-0.2, -0.15) is 0 Å². The fourth-order valence-electron chi connectivity index (χ4n) is 2.43. The maximum Gasteiger partial charge on any atom is 0.338 e. The van der Waals surface area contributed by atoms with Crippen LogP contribution in [0.5, 0.6) is 0 Å². The van der Waals surface area contributed by atoms with Crippen molar-refractivity contribution in [3.63, 3.8) is 0 Å². The first-order chi connectivity index (χ1) is 8.48. The first-order valence-electron chi connectivity index (χ1n) is 6.34. The van der Waals surface area contributed by atoms with Gasteiger partial charge in [0.2, 0.25) is 0 Å². The highest BCUT2D eigenvalue weighted by molar-refractivity contribution is 5.81. The molecule has 0 radical (unpaired) electrons. The van der Waals surface area contributed by atoms with E-state index in [9.17, 15) is 9.90 Å². The zero-order valence-corrected chi connectivity index (χ0v) is 11.5. The molecule has 0 aliphatic heterocycles. The molecule has 18 heavy (non-hydrogen) atoms. The molecule has 2 unspecified atom stereocenters. The summed E-state index contributed by atoms with van der Waals surface area (Å²) in [5.41, 5.74) is -0.521. The third-order valence-corrected chi connectivity index (χ3v) is 3.53. The topological polar surface area (TPSA) is 46.5 Å². The third-order valence-electron chi connectivity index (χ3n) is 3.53. The fourth-order valence-corrected chi connectivity index (χ4v) is 2.43. The van der Waals surface area contributed by atoms with Crippen LogP contribution in [0.4, 0.5) is 0 Å². The summed E-state index contributed by atoms with van der Waals surface area (Å²) >= 11 is 0. The number of aliphatic hydroxyl groups is 1. The van der Waals surface area contributed by atoms with Gasteiger partial charge in [-0.05, 0) is 17.9 Å². The first kappa shape index (κ1) is 14.7. The maximum atomic E-state index is 12.0. The van der Waals surface area contributed by atoms with E-state index >= 15 is 0 Å². The van der Waals surface area contributed by atoms with Gasteiger partial charge < -0.3 is 9.84 Å². The highest BCUT2D eigenvalue weighted by Crippen LogP contribution is 2.37. The molecule has 2 atom stereocenters. The normalized spacial score (nSPS) is 16.1. The zero-order valence-electron chi connectivity index (χ0n) is 11.5. The Bertz CT molecular complexity index is 386. The SMILES string of the molecule is CCC(c1ccccc1)C(O)(C(=O)OC)C(C)C. The number of carbonyl (C=O) groups excluding carboxylic acids is 1. The quantitative estimate of drug-likeness (QED) is 0.817. The summed E-state index contributed by atoms with van der Waals surface area (Å²) in [4.78, 5) is 12.0. The van der Waals surface area contributed by atoms with Crippen LogP contribution in [0.3, 0.4) is 0 Å². The van der Waals surface area contributed by atoms with E-state index in [0.717, 1.165) is 5.56 Å². The molecule has 1 aromatic rings. The number of hydrogen-bond acceptors (Lipinski definition) is 3. The van der Waals surface area contributed by atoms with E-state index in [0.29, 0.717) is 6.42 Å². The van der Waals surface area contributed by atoms with Gasteiger partial charge in [0.05, 0.1) is 7.11 Å². The predicted octanol–water partition coefficient (Wildman–Crippen LogP) is 2.74. The summed E-state index contributed by atoms with van der Waals surface area (Å²) in [6, 6.07) is 9.61. The number of esters is 1. The van der Waals surface area contributed by atoms with Crippen LogP contribution >= 0.6 is 0 Å². The van der Waals surface area contributed by atoms with Crippen molar-refractivity contribution in [1.82, 2.24) is 0 Å². The Labute approximate surface area is 109 Å². The van der Waals surface area contributed by atoms with Crippen LogP contribution < -0.4 is 0 Å². The van der Waals surface area contributed by atoms with Gasteiger partial charge in [-0.25, -0.2) is 4.79 Å². The number of hydrogen-bond donors (Lipinski definition) is 1. The molecule has 0 fully saturated rings. The molecule has 0 saturated carbocycles. The average Bonchev–Trinajstić information content (AvgIpc) is 2.39. The number of ether oxygens (including phenoxy) is 1. The Hall–Kier alpha value is -1.35. The van der Waals surface area contributed by atoms with Crippen LogP contribution in [0.25, 0.3) is 0 Å². The van der Waals surface area contributed by atoms with Crippen LogP contribution in [0, 0.1) is 5.92 Å². The molecule has 0 aromatic heterocycles. The lowest BCUT2D eigenvalue weighted by Crippen LogP contribution is -2.49. The summed E-state index contributed by atoms with van der Waals surface area (Å²) in [6.45, 7) is 5.64. The van der Waals surface area contributed by atoms with Crippen molar-refractivity contribution >= 4 is 5.97 Å². The number of benzene rings is 1. The van der Waals surface area contributed by atoms with Gasteiger partial charge in [-0.15, -0.1) is 0 Å². The van der Waals surface area contributed by atoms with E-state index in [4.69, 9.17) is 4.74 Å². The predicted molar refractivity (Wildman–Crippen MR) is 71.3 cm³/mol. The van der Waals surface area contributed by atoms with Crippen LogP contribution in [0.2, 0.25) is 0 Å². The van der Waals surface area contributed by atoms with Crippen molar-refractivity contribution in [2.75, 3.05) is 7.11 Å². The van der Waals surface area contributed by atoms with Crippen LogP contribution in [0.1, 0.15) is 38.7 Å². The molecule has 0 saturated heterocycles. The van der Waals surface area contributed by atoms with Gasteiger partial charge in [0, 0.05) is 5.92 Å². The van der Waals surface area contributed by atoms with Gasteiger partial charge in [0.25, 0.3) is 0 Å². The van der Waals surface area contributed by atoms with E-state index in [2.05, 4.69) is 0 Å². The Morgan fingerprint density at radius 3 is 2.28 bits per heavy atom. The average molecular weight is 250 g/mol. The minimum atomic E-state index is -1.48. The van der Waals surface area contributed by atoms with Crippen molar-refractivity contribution in [3.05, 3.63) is 35.9 Å². The molecule has 3 heteroatoms. The summed E-state index contributed by atoms with van der Waals surface area (Å²) in [7, 11) is 1.31. The van der Waals surface area contributed by atoms with Gasteiger partial charge >= 0.3 is 5.97 Å². The second-order valence-electron chi connectivity index (χ2n) is 4.84. The van der Waals surface area contributed by atoms with Crippen LogP contribution in [0.15, 0.2) is 30.3 Å². The monoisotopic (exact) mass is 250 g/mol. The second-order valence-corrected chi connectivity index (χ2v) is 4.84. The van der Waals surface area contributed by atoms with Crippen molar-refractivity contribution in [1.29, 1.82) is 0 Å². The minimum Gasteiger partial charge on any atom is -0.467 e. The fraction of sp³-hybridized carbons (Fsp3) is 0.533. The van der Waals surface area contributed by atoms with Crippen molar-refractivity contribution in [2.24, 2.45) is 5.92 Å². The number of methoxy groups -OCH3 is 1. The molecule has 0 aliphatic rings. The number of carbonyl (C=O) groups is 1. The van der Waals surface area contributed by atoms with Crippen LogP contribution in [-0.4, -0.2) is 23.8 Å². The molecule has 1 rings (SSSR count). The molecule has 0 heterocycles. The summed E-state index contributed by atoms with van der Waals surface area (Å²) in [6.07, 6.45) is 0.674. The summed E-state index contributed by atoms with van der Waals surface area (Å²) in [5, 5.41) is 10.8. The van der Waals surface area contributed by atoms with E-state index in [1.165, 1.54) is 7.11 Å². The lowest BCUT2D eigenvalue weighted by molar-refractivity contribution is -0.171. The molecule has 0 aliphatic carbocycles. The molecular formula is C15H22O3. The highest BCUT2D eigenvalue weighted by atomic mass is 16.5. The highest BCUT2D eigenvalue weighted by Gasteiger charge is 2.47. The largest absolute Gasteiger partial charge is 0.467 e. The minimum absolute atomic E-state index is 0.213. The first-order valence-corrected chi connectivity index (χ1v) is 6.34. The molecule has 0 spiro atoms. The summed E-state index contributed by atoms with van der Waals surface area (Å²) in [5.74, 6) is -1.03. The van der Waals surface area contributed by atoms with Gasteiger partial charge in [-0.3, -0.25) is 0 Å². The standard InChI is InChI=1S/C15H22O3/c1-5-13(12-9-7-6-8-10-12)15(17,11(2)3)14(16)18-4/h6-11,13,17H,5H2,1-4H3. The zero-order chi connectivity index (χ0) is 13.8. The molecule has 1 N–H and O–H groups in total. The lowest BCUT2D eigenvalue weighted by atomic mass is 9.73. The Morgan fingerprint density at radius 1 is 1.33 bits per heavy atom. The van der Waals surface area contributed by atoms with Crippen LogP contribution in [-0.2, 0) is 9.53 Å². The van der Waals surface area contributed by atoms with Gasteiger partial charge in [-0.1, -0.05) is 51.1 Å². The van der Waals surface area contributed by atoms with Crippen molar-refractivity contribution in [2.45, 2.75) is 38.7 Å². The molecule has 0 amide bonds. The lowest BCUT2D eigenvalue weighted by Gasteiger charge is -2.36. The molecule has 0 bridgehead atoms. The van der Waals surface area contributed by atoms with E-state index in [1.807, 2.05) is 51.1 Å². The van der Waals surface area contributed by atoms with E-state index in [-0.39, 0.29) is 11.8 Å². The van der Waals surface area contributed by atoms with Crippen molar-refractivity contribution < 1.29 is 14.6 Å². The molecule has 3 nitrogen and oxygen atoms in total. The van der Waals surface area contributed by atoms with Gasteiger partial charge in [0.15, 0.2) is 5.60 Å². The van der Waals surface area contributed by atoms with E-state index < -0.39 is 11.6 Å². The number of rotatable bonds is 5. The van der Waals surface area contributed by atoms with Gasteiger partial charge in [0.1, 0.15) is 0 Å². The summed E-state index contributed by atoms with van der Waals surface area (Å²) < 4.78 is 4.79. The second kappa shape index (κ2) is 6.01. The Balaban J connectivity index is 3.22.